The molecule has 31 heavy (non-hydrogen) atoms. The average molecular weight is 424 g/mol. The number of aryl methyl sites for hydroxylation is 1. The number of rotatable bonds is 8. The van der Waals surface area contributed by atoms with E-state index in [0.29, 0.717) is 23.7 Å². The van der Waals surface area contributed by atoms with Crippen LogP contribution in [0.3, 0.4) is 0 Å². The molecule has 0 N–H and O–H groups in total. The van der Waals surface area contributed by atoms with E-state index in [9.17, 15) is 9.59 Å². The Bertz CT molecular complexity index is 1080. The van der Waals surface area contributed by atoms with Crippen LogP contribution in [0.5, 0.6) is 23.0 Å². The van der Waals surface area contributed by atoms with Crippen molar-refractivity contribution < 1.29 is 33.3 Å². The lowest BCUT2D eigenvalue weighted by molar-refractivity contribution is -0.134. The van der Waals surface area contributed by atoms with Crippen LogP contribution in [0.25, 0.3) is 10.8 Å². The summed E-state index contributed by atoms with van der Waals surface area (Å²) in [5.74, 6) is 0.614. The number of ether oxygens (including phenoxy) is 5. The second-order valence-electron chi connectivity index (χ2n) is 6.69. The Hall–Kier alpha value is -3.74. The van der Waals surface area contributed by atoms with Gasteiger partial charge in [0.25, 0.3) is 0 Å². The first kappa shape index (κ1) is 22.0. The van der Waals surface area contributed by atoms with E-state index in [2.05, 4.69) is 0 Å². The van der Waals surface area contributed by atoms with Gasteiger partial charge in [-0.25, -0.2) is 4.79 Å². The number of fused-ring (bicyclic) bond motifs is 1. The van der Waals surface area contributed by atoms with Crippen LogP contribution in [0.15, 0.2) is 48.5 Å². The highest BCUT2D eigenvalue weighted by molar-refractivity contribution is 5.99. The van der Waals surface area contributed by atoms with Gasteiger partial charge in [0.1, 0.15) is 11.3 Å². The molecule has 0 amide bonds. The van der Waals surface area contributed by atoms with E-state index >= 15 is 0 Å². The highest BCUT2D eigenvalue weighted by atomic mass is 16.5. The molecule has 0 bridgehead atoms. The Labute approximate surface area is 180 Å². The number of methoxy groups -OCH3 is 4. The number of carbonyl (C=O) groups excluding carboxylic acids is 2. The first-order chi connectivity index (χ1) is 15.0. The van der Waals surface area contributed by atoms with Crippen molar-refractivity contribution in [3.05, 3.63) is 59.7 Å². The third kappa shape index (κ3) is 4.88. The van der Waals surface area contributed by atoms with E-state index in [1.54, 1.807) is 24.3 Å². The number of benzene rings is 3. The van der Waals surface area contributed by atoms with E-state index < -0.39 is 11.9 Å². The molecule has 7 nitrogen and oxygen atoms in total. The van der Waals surface area contributed by atoms with Crippen LogP contribution in [0, 0.1) is 0 Å². The molecule has 0 aliphatic rings. The number of carbonyl (C=O) groups is 2. The maximum absolute atomic E-state index is 12.6. The molecule has 0 radical (unpaired) electrons. The molecule has 7 heteroatoms. The van der Waals surface area contributed by atoms with Crippen molar-refractivity contribution in [2.75, 3.05) is 28.4 Å². The maximum Gasteiger partial charge on any atom is 0.341 e. The minimum Gasteiger partial charge on any atom is -0.493 e. The lowest BCUT2D eigenvalue weighted by Crippen LogP contribution is -2.13. The predicted molar refractivity (Wildman–Crippen MR) is 115 cm³/mol. The molecule has 0 unspecified atom stereocenters. The summed E-state index contributed by atoms with van der Waals surface area (Å²) in [6.45, 7) is 0. The molecule has 0 aliphatic heterocycles. The van der Waals surface area contributed by atoms with Crippen molar-refractivity contribution in [3.8, 4) is 23.0 Å². The summed E-state index contributed by atoms with van der Waals surface area (Å²) < 4.78 is 26.4. The molecule has 3 aromatic rings. The summed E-state index contributed by atoms with van der Waals surface area (Å²) in [5.41, 5.74) is 1.01. The van der Waals surface area contributed by atoms with Crippen molar-refractivity contribution >= 4 is 22.7 Å². The standard InChI is InChI=1S/C24H24O7/c1-27-20-11-15(12-21(28-2)23(20)29-3)9-10-22(25)31-19-14-17-8-6-5-7-16(17)13-18(19)24(26)30-4/h5-8,11-14H,9-10H2,1-4H3. The highest BCUT2D eigenvalue weighted by Crippen LogP contribution is 2.38. The van der Waals surface area contributed by atoms with E-state index in [1.165, 1.54) is 28.4 Å². The fourth-order valence-corrected chi connectivity index (χ4v) is 3.27. The molecular formula is C24H24O7. The summed E-state index contributed by atoms with van der Waals surface area (Å²) in [4.78, 5) is 24.7. The molecule has 0 saturated heterocycles. The molecule has 0 heterocycles. The van der Waals surface area contributed by atoms with E-state index in [0.717, 1.165) is 16.3 Å². The molecule has 0 fully saturated rings. The summed E-state index contributed by atoms with van der Waals surface area (Å²) in [6.07, 6.45) is 0.475. The summed E-state index contributed by atoms with van der Waals surface area (Å²) in [6, 6.07) is 14.4. The van der Waals surface area contributed by atoms with Gasteiger partial charge in [-0.15, -0.1) is 0 Å². The molecule has 0 atom stereocenters. The molecular weight excluding hydrogens is 400 g/mol. The maximum atomic E-state index is 12.6. The third-order valence-corrected chi connectivity index (χ3v) is 4.82. The van der Waals surface area contributed by atoms with Gasteiger partial charge in [0.2, 0.25) is 5.75 Å². The van der Waals surface area contributed by atoms with E-state index in [4.69, 9.17) is 23.7 Å². The van der Waals surface area contributed by atoms with Gasteiger partial charge in [0.15, 0.2) is 11.5 Å². The van der Waals surface area contributed by atoms with Crippen LogP contribution >= 0.6 is 0 Å². The molecule has 3 rings (SSSR count). The lowest BCUT2D eigenvalue weighted by atomic mass is 10.1. The van der Waals surface area contributed by atoms with E-state index in [-0.39, 0.29) is 17.7 Å². The van der Waals surface area contributed by atoms with Crippen LogP contribution < -0.4 is 18.9 Å². The molecule has 0 aromatic heterocycles. The van der Waals surface area contributed by atoms with Gasteiger partial charge < -0.3 is 23.7 Å². The van der Waals surface area contributed by atoms with Gasteiger partial charge in [-0.1, -0.05) is 24.3 Å². The zero-order valence-electron chi connectivity index (χ0n) is 17.9. The Balaban J connectivity index is 1.80. The van der Waals surface area contributed by atoms with Crippen molar-refractivity contribution in [3.63, 3.8) is 0 Å². The summed E-state index contributed by atoms with van der Waals surface area (Å²) in [7, 11) is 5.88. The minimum atomic E-state index is -0.571. The van der Waals surface area contributed by atoms with Crippen LogP contribution in [0.2, 0.25) is 0 Å². The number of esters is 2. The van der Waals surface area contributed by atoms with Crippen molar-refractivity contribution in [2.24, 2.45) is 0 Å². The van der Waals surface area contributed by atoms with Crippen molar-refractivity contribution in [2.45, 2.75) is 12.8 Å². The van der Waals surface area contributed by atoms with Crippen LogP contribution in [0.1, 0.15) is 22.3 Å². The Morgan fingerprint density at radius 2 is 1.39 bits per heavy atom. The normalized spacial score (nSPS) is 10.5. The fraction of sp³-hybridized carbons (Fsp3) is 0.250. The number of hydrogen-bond donors (Lipinski definition) is 0. The Morgan fingerprint density at radius 1 is 0.774 bits per heavy atom. The van der Waals surface area contributed by atoms with Gasteiger partial charge >= 0.3 is 11.9 Å². The molecule has 0 saturated carbocycles. The minimum absolute atomic E-state index is 0.0894. The second kappa shape index (κ2) is 9.84. The van der Waals surface area contributed by atoms with Crippen LogP contribution in [-0.2, 0) is 16.0 Å². The van der Waals surface area contributed by atoms with Gasteiger partial charge in [0, 0.05) is 6.42 Å². The predicted octanol–water partition coefficient (Wildman–Crippen LogP) is 4.19. The first-order valence-corrected chi connectivity index (χ1v) is 9.61. The fourth-order valence-electron chi connectivity index (χ4n) is 3.27. The Morgan fingerprint density at radius 3 is 1.94 bits per heavy atom. The SMILES string of the molecule is COC(=O)c1cc2ccccc2cc1OC(=O)CCc1cc(OC)c(OC)c(OC)c1. The van der Waals surface area contributed by atoms with Crippen molar-refractivity contribution in [1.29, 1.82) is 0 Å². The van der Waals surface area contributed by atoms with Crippen molar-refractivity contribution in [1.82, 2.24) is 0 Å². The van der Waals surface area contributed by atoms with E-state index in [1.807, 2.05) is 24.3 Å². The zero-order valence-corrected chi connectivity index (χ0v) is 17.9. The largest absolute Gasteiger partial charge is 0.493 e. The van der Waals surface area contributed by atoms with Gasteiger partial charge in [0.05, 0.1) is 28.4 Å². The number of hydrogen-bond acceptors (Lipinski definition) is 7. The molecule has 3 aromatic carbocycles. The highest BCUT2D eigenvalue weighted by Gasteiger charge is 2.18. The van der Waals surface area contributed by atoms with Gasteiger partial charge in [-0.3, -0.25) is 4.79 Å². The van der Waals surface area contributed by atoms with Gasteiger partial charge in [-0.2, -0.15) is 0 Å². The van der Waals surface area contributed by atoms with Gasteiger partial charge in [-0.05, 0) is 47.0 Å². The summed E-state index contributed by atoms with van der Waals surface area (Å²) in [5, 5.41) is 1.70. The zero-order chi connectivity index (χ0) is 22.4. The molecule has 0 aliphatic carbocycles. The topological polar surface area (TPSA) is 80.3 Å². The molecule has 0 spiro atoms. The average Bonchev–Trinajstić information content (AvgIpc) is 2.80. The monoisotopic (exact) mass is 424 g/mol. The smallest absolute Gasteiger partial charge is 0.341 e. The van der Waals surface area contributed by atoms with Crippen LogP contribution in [0.4, 0.5) is 0 Å². The third-order valence-electron chi connectivity index (χ3n) is 4.82. The summed E-state index contributed by atoms with van der Waals surface area (Å²) >= 11 is 0. The quantitative estimate of drug-likeness (QED) is 0.396. The second-order valence-corrected chi connectivity index (χ2v) is 6.69. The Kier molecular flexibility index (Phi) is 6.97. The first-order valence-electron chi connectivity index (χ1n) is 9.61. The molecule has 162 valence electrons. The lowest BCUT2D eigenvalue weighted by Gasteiger charge is -2.14. The van der Waals surface area contributed by atoms with Crippen LogP contribution in [-0.4, -0.2) is 40.4 Å².